The lowest BCUT2D eigenvalue weighted by atomic mass is 10.1. The molecular formula is C24H29NO5. The minimum atomic E-state index is -0.929. The van der Waals surface area contributed by atoms with Crippen molar-refractivity contribution in [3.63, 3.8) is 0 Å². The quantitative estimate of drug-likeness (QED) is 0.479. The van der Waals surface area contributed by atoms with Crippen molar-refractivity contribution in [1.82, 2.24) is 0 Å². The van der Waals surface area contributed by atoms with Gasteiger partial charge in [0, 0.05) is 11.8 Å². The van der Waals surface area contributed by atoms with Gasteiger partial charge in [0.15, 0.2) is 17.6 Å². The van der Waals surface area contributed by atoms with E-state index in [-0.39, 0.29) is 5.91 Å². The van der Waals surface area contributed by atoms with E-state index in [0.717, 1.165) is 16.7 Å². The number of rotatable bonds is 9. The van der Waals surface area contributed by atoms with E-state index in [0.29, 0.717) is 30.4 Å². The minimum Gasteiger partial charge on any atom is -0.490 e. The molecule has 0 unspecified atom stereocenters. The van der Waals surface area contributed by atoms with Crippen molar-refractivity contribution < 1.29 is 23.8 Å². The summed E-state index contributed by atoms with van der Waals surface area (Å²) in [6.07, 6.45) is 1.96. The normalized spacial score (nSPS) is 11.8. The molecule has 160 valence electrons. The lowest BCUT2D eigenvalue weighted by Crippen LogP contribution is -2.29. The van der Waals surface area contributed by atoms with Crippen LogP contribution in [0.4, 0.5) is 5.69 Å². The summed E-state index contributed by atoms with van der Waals surface area (Å²) in [5, 5.41) is 2.79. The Labute approximate surface area is 177 Å². The third-order valence-electron chi connectivity index (χ3n) is 4.28. The summed E-state index contributed by atoms with van der Waals surface area (Å²) in [5.41, 5.74) is 3.51. The second-order valence-electron chi connectivity index (χ2n) is 6.79. The highest BCUT2D eigenvalue weighted by Gasteiger charge is 2.17. The number of nitrogens with one attached hydrogen (secondary N) is 1. The smallest absolute Gasteiger partial charge is 0.331 e. The molecule has 1 N–H and O–H groups in total. The first-order chi connectivity index (χ1) is 14.3. The molecule has 2 aromatic carbocycles. The van der Waals surface area contributed by atoms with Gasteiger partial charge in [-0.05, 0) is 70.0 Å². The van der Waals surface area contributed by atoms with E-state index < -0.39 is 12.1 Å². The zero-order valence-electron chi connectivity index (χ0n) is 18.2. The number of ether oxygens (including phenoxy) is 3. The van der Waals surface area contributed by atoms with Crippen LogP contribution in [0.1, 0.15) is 37.5 Å². The molecule has 0 aliphatic rings. The van der Waals surface area contributed by atoms with Crippen LogP contribution in [0.2, 0.25) is 0 Å². The maximum atomic E-state index is 12.3. The number of hydrogen-bond acceptors (Lipinski definition) is 5. The number of hydrogen-bond donors (Lipinski definition) is 1. The third-order valence-corrected chi connectivity index (χ3v) is 4.28. The van der Waals surface area contributed by atoms with E-state index in [9.17, 15) is 9.59 Å². The Morgan fingerprint density at radius 1 is 1.00 bits per heavy atom. The first kappa shape index (κ1) is 23.0. The lowest BCUT2D eigenvalue weighted by Gasteiger charge is -2.14. The molecule has 1 atom stereocenters. The number of esters is 1. The molecule has 0 saturated heterocycles. The van der Waals surface area contributed by atoms with Gasteiger partial charge in [0.05, 0.1) is 13.2 Å². The molecule has 6 nitrogen and oxygen atoms in total. The molecule has 0 bridgehead atoms. The van der Waals surface area contributed by atoms with Gasteiger partial charge in [-0.1, -0.05) is 23.8 Å². The Bertz CT molecular complexity index is 920. The molecule has 6 heteroatoms. The van der Waals surface area contributed by atoms with Gasteiger partial charge in [-0.2, -0.15) is 0 Å². The topological polar surface area (TPSA) is 73.9 Å². The highest BCUT2D eigenvalue weighted by atomic mass is 16.5. The third kappa shape index (κ3) is 6.65. The average Bonchev–Trinajstić information content (AvgIpc) is 2.70. The van der Waals surface area contributed by atoms with Crippen LogP contribution in [-0.4, -0.2) is 31.2 Å². The number of benzene rings is 2. The van der Waals surface area contributed by atoms with E-state index in [2.05, 4.69) is 5.32 Å². The highest BCUT2D eigenvalue weighted by molar-refractivity contribution is 5.97. The summed E-state index contributed by atoms with van der Waals surface area (Å²) in [6.45, 7) is 10.3. The van der Waals surface area contributed by atoms with Gasteiger partial charge in [-0.25, -0.2) is 4.79 Å². The predicted molar refractivity (Wildman–Crippen MR) is 118 cm³/mol. The Balaban J connectivity index is 1.97. The van der Waals surface area contributed by atoms with Gasteiger partial charge in [0.2, 0.25) is 0 Å². The SMILES string of the molecule is CCOc1ccc(/C=C/C(=O)O[C@@H](C)C(=O)Nc2ccc(C)cc2C)cc1OCC. The van der Waals surface area contributed by atoms with Crippen LogP contribution in [-0.2, 0) is 14.3 Å². The zero-order valence-corrected chi connectivity index (χ0v) is 18.2. The Kier molecular flexibility index (Phi) is 8.47. The predicted octanol–water partition coefficient (Wildman–Crippen LogP) is 4.68. The van der Waals surface area contributed by atoms with E-state index in [1.807, 2.05) is 52.0 Å². The van der Waals surface area contributed by atoms with Gasteiger partial charge in [-0.3, -0.25) is 4.79 Å². The van der Waals surface area contributed by atoms with E-state index >= 15 is 0 Å². The van der Waals surface area contributed by atoms with Crippen molar-refractivity contribution in [2.75, 3.05) is 18.5 Å². The van der Waals surface area contributed by atoms with Crippen LogP contribution in [0, 0.1) is 13.8 Å². The van der Waals surface area contributed by atoms with Gasteiger partial charge in [-0.15, -0.1) is 0 Å². The summed E-state index contributed by atoms with van der Waals surface area (Å²) in [4.78, 5) is 24.5. The monoisotopic (exact) mass is 411 g/mol. The van der Waals surface area contributed by atoms with Crippen LogP contribution < -0.4 is 14.8 Å². The van der Waals surface area contributed by atoms with Crippen molar-refractivity contribution in [2.45, 2.75) is 40.7 Å². The van der Waals surface area contributed by atoms with Crippen LogP contribution in [0.3, 0.4) is 0 Å². The molecule has 0 aliphatic carbocycles. The average molecular weight is 411 g/mol. The number of carbonyl (C=O) groups excluding carboxylic acids is 2. The summed E-state index contributed by atoms with van der Waals surface area (Å²) in [5.74, 6) is 0.264. The fraction of sp³-hybridized carbons (Fsp3) is 0.333. The number of anilines is 1. The van der Waals surface area contributed by atoms with Crippen LogP contribution in [0.25, 0.3) is 6.08 Å². The number of aryl methyl sites for hydroxylation is 2. The Morgan fingerprint density at radius 2 is 1.70 bits per heavy atom. The second-order valence-corrected chi connectivity index (χ2v) is 6.79. The van der Waals surface area contributed by atoms with Gasteiger partial charge in [0.1, 0.15) is 0 Å². The molecule has 30 heavy (non-hydrogen) atoms. The molecule has 0 fully saturated rings. The van der Waals surface area contributed by atoms with Crippen molar-refractivity contribution >= 4 is 23.6 Å². The lowest BCUT2D eigenvalue weighted by molar-refractivity contribution is -0.148. The summed E-state index contributed by atoms with van der Waals surface area (Å²) in [7, 11) is 0. The molecule has 0 aliphatic heterocycles. The minimum absolute atomic E-state index is 0.386. The molecule has 2 rings (SSSR count). The fourth-order valence-electron chi connectivity index (χ4n) is 2.79. The van der Waals surface area contributed by atoms with E-state index in [4.69, 9.17) is 14.2 Å². The van der Waals surface area contributed by atoms with E-state index in [1.165, 1.54) is 13.0 Å². The summed E-state index contributed by atoms with van der Waals surface area (Å²) >= 11 is 0. The van der Waals surface area contributed by atoms with E-state index in [1.54, 1.807) is 18.2 Å². The standard InChI is InChI=1S/C24H29NO5/c1-6-28-21-12-9-19(15-22(21)29-7-2)10-13-23(26)30-18(5)24(27)25-20-11-8-16(3)14-17(20)4/h8-15,18H,6-7H2,1-5H3,(H,25,27)/b13-10+/t18-/m0/s1. The first-order valence-corrected chi connectivity index (χ1v) is 10.0. The van der Waals surface area contributed by atoms with Crippen molar-refractivity contribution in [3.8, 4) is 11.5 Å². The summed E-state index contributed by atoms with van der Waals surface area (Å²) in [6, 6.07) is 11.1. The molecule has 0 saturated carbocycles. The molecule has 0 aromatic heterocycles. The van der Waals surface area contributed by atoms with Crippen LogP contribution in [0.15, 0.2) is 42.5 Å². The maximum Gasteiger partial charge on any atom is 0.331 e. The number of amides is 1. The summed E-state index contributed by atoms with van der Waals surface area (Å²) < 4.78 is 16.3. The van der Waals surface area contributed by atoms with Crippen molar-refractivity contribution in [1.29, 1.82) is 0 Å². The zero-order chi connectivity index (χ0) is 22.1. The molecule has 0 spiro atoms. The fourth-order valence-corrected chi connectivity index (χ4v) is 2.79. The first-order valence-electron chi connectivity index (χ1n) is 10.0. The molecule has 1 amide bonds. The van der Waals surface area contributed by atoms with Crippen molar-refractivity contribution in [3.05, 3.63) is 59.2 Å². The van der Waals surface area contributed by atoms with Crippen LogP contribution in [0.5, 0.6) is 11.5 Å². The molecule has 0 radical (unpaired) electrons. The molecule has 2 aromatic rings. The maximum absolute atomic E-state index is 12.3. The Hall–Kier alpha value is -3.28. The van der Waals surface area contributed by atoms with Gasteiger partial charge in [0.25, 0.3) is 5.91 Å². The Morgan fingerprint density at radius 3 is 2.37 bits per heavy atom. The van der Waals surface area contributed by atoms with Crippen LogP contribution >= 0.6 is 0 Å². The second kappa shape index (κ2) is 11.0. The highest BCUT2D eigenvalue weighted by Crippen LogP contribution is 2.29. The largest absolute Gasteiger partial charge is 0.490 e. The van der Waals surface area contributed by atoms with Gasteiger partial charge >= 0.3 is 5.97 Å². The molecule has 0 heterocycles. The van der Waals surface area contributed by atoms with Gasteiger partial charge < -0.3 is 19.5 Å². The number of carbonyl (C=O) groups is 2. The van der Waals surface area contributed by atoms with Crippen molar-refractivity contribution in [2.24, 2.45) is 0 Å². The molecular weight excluding hydrogens is 382 g/mol.